The van der Waals surface area contributed by atoms with Gasteiger partial charge in [-0.2, -0.15) is 0 Å². The normalized spacial score (nSPS) is 12.1. The van der Waals surface area contributed by atoms with Crippen molar-refractivity contribution in [2.45, 2.75) is 303 Å². The number of hydrogen-bond donors (Lipinski definition) is 0. The van der Waals surface area contributed by atoms with Crippen LogP contribution >= 0.6 is 0 Å². The van der Waals surface area contributed by atoms with Gasteiger partial charge in [0, 0.05) is 19.3 Å². The molecular formula is C56H104O6. The second kappa shape index (κ2) is 51.5. The van der Waals surface area contributed by atoms with E-state index in [1.165, 1.54) is 199 Å². The van der Waals surface area contributed by atoms with Crippen molar-refractivity contribution in [1.82, 2.24) is 0 Å². The van der Waals surface area contributed by atoms with Gasteiger partial charge in [-0.05, 0) is 70.6 Å². The summed E-state index contributed by atoms with van der Waals surface area (Å²) < 4.78 is 16.8. The smallest absolute Gasteiger partial charge is 0.306 e. The lowest BCUT2D eigenvalue weighted by Crippen LogP contribution is -2.30. The highest BCUT2D eigenvalue weighted by molar-refractivity contribution is 5.71. The lowest BCUT2D eigenvalue weighted by molar-refractivity contribution is -0.167. The predicted molar refractivity (Wildman–Crippen MR) is 266 cm³/mol. The number of esters is 3. The van der Waals surface area contributed by atoms with E-state index in [-0.39, 0.29) is 31.1 Å². The number of unbranched alkanes of at least 4 members (excludes halogenated alkanes) is 35. The van der Waals surface area contributed by atoms with Crippen molar-refractivity contribution in [3.05, 3.63) is 24.3 Å². The van der Waals surface area contributed by atoms with E-state index in [1.807, 2.05) is 0 Å². The number of allylic oxidation sites excluding steroid dienone is 4. The summed E-state index contributed by atoms with van der Waals surface area (Å²) in [6, 6.07) is 0. The molecule has 0 N–H and O–H groups in total. The van der Waals surface area contributed by atoms with Gasteiger partial charge in [0.15, 0.2) is 6.10 Å². The van der Waals surface area contributed by atoms with Gasteiger partial charge < -0.3 is 14.2 Å². The molecule has 0 aromatic heterocycles. The van der Waals surface area contributed by atoms with Crippen molar-refractivity contribution in [3.8, 4) is 0 Å². The highest BCUT2D eigenvalue weighted by Crippen LogP contribution is 2.16. The third kappa shape index (κ3) is 48.9. The maximum atomic E-state index is 12.8. The molecule has 0 saturated carbocycles. The van der Waals surface area contributed by atoms with E-state index in [0.29, 0.717) is 19.3 Å². The van der Waals surface area contributed by atoms with Gasteiger partial charge in [0.1, 0.15) is 13.2 Å². The van der Waals surface area contributed by atoms with Crippen LogP contribution in [0.5, 0.6) is 0 Å². The lowest BCUT2D eigenvalue weighted by Gasteiger charge is -2.18. The van der Waals surface area contributed by atoms with E-state index in [9.17, 15) is 14.4 Å². The molecule has 0 aliphatic carbocycles. The summed E-state index contributed by atoms with van der Waals surface area (Å²) in [5, 5.41) is 0. The molecule has 0 aliphatic heterocycles. The third-order valence-electron chi connectivity index (χ3n) is 12.2. The molecule has 62 heavy (non-hydrogen) atoms. The minimum absolute atomic E-state index is 0.0710. The standard InChI is InChI=1S/C56H104O6/c1-4-7-10-13-16-19-22-25-27-28-30-32-35-37-40-43-46-49-55(58)61-52-53(62-56(59)50-47-44-41-38-33-24-21-18-15-12-9-6-3)51-60-54(57)48-45-42-39-36-34-31-29-26-23-20-17-14-11-8-5-2/h20,23,25,27,53H,4-19,21-22,24,26,28-52H2,1-3H3/b23-20-,27-25-/t53-/m0/s1. The van der Waals surface area contributed by atoms with Gasteiger partial charge in [-0.15, -0.1) is 0 Å². The molecule has 0 bridgehead atoms. The van der Waals surface area contributed by atoms with Gasteiger partial charge in [-0.3, -0.25) is 14.4 Å². The van der Waals surface area contributed by atoms with Crippen molar-refractivity contribution in [3.63, 3.8) is 0 Å². The fourth-order valence-corrected chi connectivity index (χ4v) is 8.02. The van der Waals surface area contributed by atoms with Crippen molar-refractivity contribution < 1.29 is 28.6 Å². The summed E-state index contributed by atoms with van der Waals surface area (Å²) in [4.78, 5) is 38.0. The Labute approximate surface area is 385 Å². The quantitative estimate of drug-likeness (QED) is 0.0262. The van der Waals surface area contributed by atoms with Crippen LogP contribution in [0.2, 0.25) is 0 Å². The molecule has 0 rings (SSSR count). The van der Waals surface area contributed by atoms with E-state index in [4.69, 9.17) is 14.2 Å². The molecule has 0 amide bonds. The Balaban J connectivity index is 4.32. The molecule has 0 saturated heterocycles. The van der Waals surface area contributed by atoms with Crippen molar-refractivity contribution >= 4 is 17.9 Å². The first-order chi connectivity index (χ1) is 30.5. The second-order valence-corrected chi connectivity index (χ2v) is 18.5. The van der Waals surface area contributed by atoms with Crippen molar-refractivity contribution in [1.29, 1.82) is 0 Å². The molecular weight excluding hydrogens is 769 g/mol. The molecule has 0 unspecified atom stereocenters. The first-order valence-corrected chi connectivity index (χ1v) is 27.3. The largest absolute Gasteiger partial charge is 0.462 e. The zero-order valence-electron chi connectivity index (χ0n) is 41.7. The van der Waals surface area contributed by atoms with E-state index < -0.39 is 6.10 Å². The highest BCUT2D eigenvalue weighted by Gasteiger charge is 2.19. The summed E-state index contributed by atoms with van der Waals surface area (Å²) in [6.45, 7) is 6.64. The van der Waals surface area contributed by atoms with Crippen LogP contribution in [0.3, 0.4) is 0 Å². The molecule has 1 atom stereocenters. The van der Waals surface area contributed by atoms with Gasteiger partial charge in [0.05, 0.1) is 0 Å². The molecule has 364 valence electrons. The molecule has 6 nitrogen and oxygen atoms in total. The molecule has 6 heteroatoms. The van der Waals surface area contributed by atoms with Crippen LogP contribution in [-0.2, 0) is 28.6 Å². The number of carbonyl (C=O) groups excluding carboxylic acids is 3. The molecule has 0 aromatic carbocycles. The molecule has 0 heterocycles. The highest BCUT2D eigenvalue weighted by atomic mass is 16.6. The Kier molecular flexibility index (Phi) is 49.8. The topological polar surface area (TPSA) is 78.9 Å². The molecule has 0 aliphatic rings. The third-order valence-corrected chi connectivity index (χ3v) is 12.2. The minimum atomic E-state index is -0.769. The Morgan fingerprint density at radius 3 is 0.823 bits per heavy atom. The van der Waals surface area contributed by atoms with Crippen LogP contribution in [-0.4, -0.2) is 37.2 Å². The van der Waals surface area contributed by atoms with Crippen LogP contribution in [0.15, 0.2) is 24.3 Å². The Hall–Kier alpha value is -2.11. The molecule has 0 fully saturated rings. The van der Waals surface area contributed by atoms with E-state index in [0.717, 1.165) is 57.8 Å². The maximum Gasteiger partial charge on any atom is 0.306 e. The van der Waals surface area contributed by atoms with Crippen molar-refractivity contribution in [2.24, 2.45) is 0 Å². The summed E-state index contributed by atoms with van der Waals surface area (Å²) in [6.07, 6.45) is 58.7. The van der Waals surface area contributed by atoms with Gasteiger partial charge >= 0.3 is 17.9 Å². The van der Waals surface area contributed by atoms with Gasteiger partial charge in [-0.1, -0.05) is 231 Å². The Morgan fingerprint density at radius 2 is 0.532 bits per heavy atom. The van der Waals surface area contributed by atoms with Crippen LogP contribution in [0.25, 0.3) is 0 Å². The maximum absolute atomic E-state index is 12.8. The number of rotatable bonds is 50. The average Bonchev–Trinajstić information content (AvgIpc) is 3.27. The average molecular weight is 873 g/mol. The summed E-state index contributed by atoms with van der Waals surface area (Å²) >= 11 is 0. The minimum Gasteiger partial charge on any atom is -0.462 e. The predicted octanol–water partition coefficient (Wildman–Crippen LogP) is 17.9. The van der Waals surface area contributed by atoms with Crippen LogP contribution in [0.1, 0.15) is 297 Å². The van der Waals surface area contributed by atoms with E-state index in [1.54, 1.807) is 0 Å². The Bertz CT molecular complexity index is 1000. The van der Waals surface area contributed by atoms with Gasteiger partial charge in [0.2, 0.25) is 0 Å². The van der Waals surface area contributed by atoms with Gasteiger partial charge in [0.25, 0.3) is 0 Å². The fourth-order valence-electron chi connectivity index (χ4n) is 8.02. The van der Waals surface area contributed by atoms with Crippen LogP contribution in [0.4, 0.5) is 0 Å². The first kappa shape index (κ1) is 59.9. The first-order valence-electron chi connectivity index (χ1n) is 27.3. The van der Waals surface area contributed by atoms with Crippen LogP contribution < -0.4 is 0 Å². The van der Waals surface area contributed by atoms with E-state index in [2.05, 4.69) is 45.1 Å². The molecule has 0 spiro atoms. The van der Waals surface area contributed by atoms with E-state index >= 15 is 0 Å². The number of ether oxygens (including phenoxy) is 3. The zero-order valence-corrected chi connectivity index (χ0v) is 41.7. The molecule has 0 radical (unpaired) electrons. The number of hydrogen-bond acceptors (Lipinski definition) is 6. The SMILES string of the molecule is CCCCCC/C=C\CCCCCCCCCC(=O)OC[C@@H](COC(=O)CCCCCCCCC/C=C\CCCCCCCC)OC(=O)CCCCCCCCCCCCCC. The Morgan fingerprint density at radius 1 is 0.306 bits per heavy atom. The number of carbonyl (C=O) groups is 3. The molecule has 0 aromatic rings. The lowest BCUT2D eigenvalue weighted by atomic mass is 10.0. The fraction of sp³-hybridized carbons (Fsp3) is 0.875. The zero-order chi connectivity index (χ0) is 45.1. The summed E-state index contributed by atoms with van der Waals surface area (Å²) in [5.41, 5.74) is 0. The van der Waals surface area contributed by atoms with Crippen molar-refractivity contribution in [2.75, 3.05) is 13.2 Å². The van der Waals surface area contributed by atoms with Crippen LogP contribution in [0, 0.1) is 0 Å². The summed E-state index contributed by atoms with van der Waals surface area (Å²) in [7, 11) is 0. The summed E-state index contributed by atoms with van der Waals surface area (Å²) in [5.74, 6) is -0.864. The monoisotopic (exact) mass is 873 g/mol. The second-order valence-electron chi connectivity index (χ2n) is 18.5. The van der Waals surface area contributed by atoms with Gasteiger partial charge in [-0.25, -0.2) is 0 Å².